The van der Waals surface area contributed by atoms with E-state index in [0.717, 1.165) is 11.5 Å². The van der Waals surface area contributed by atoms with Crippen molar-refractivity contribution in [1.82, 2.24) is 0 Å². The van der Waals surface area contributed by atoms with E-state index in [0.29, 0.717) is 6.61 Å². The number of ether oxygens (including phenoxy) is 2. The molecule has 0 bridgehead atoms. The monoisotopic (exact) mass is 244 g/mol. The van der Waals surface area contributed by atoms with Gasteiger partial charge >= 0.3 is 0 Å². The second-order valence-electron chi connectivity index (χ2n) is 3.86. The van der Waals surface area contributed by atoms with Crippen molar-refractivity contribution >= 4 is 0 Å². The van der Waals surface area contributed by atoms with Crippen LogP contribution in [-0.2, 0) is 0 Å². The Hall–Kier alpha value is -2.00. The third-order valence-corrected chi connectivity index (χ3v) is 2.43. The van der Waals surface area contributed by atoms with Gasteiger partial charge in [0.15, 0.2) is 6.10 Å². The summed E-state index contributed by atoms with van der Waals surface area (Å²) < 4.78 is 11.2. The fourth-order valence-corrected chi connectivity index (χ4v) is 1.52. The molecule has 0 aliphatic carbocycles. The quantitative estimate of drug-likeness (QED) is 0.848. The Morgan fingerprint density at radius 3 is 1.94 bits per heavy atom. The van der Waals surface area contributed by atoms with Gasteiger partial charge in [-0.1, -0.05) is 36.4 Å². The maximum absolute atomic E-state index is 9.26. The highest BCUT2D eigenvalue weighted by Crippen LogP contribution is 2.13. The molecule has 0 radical (unpaired) electrons. The number of hydrogen-bond acceptors (Lipinski definition) is 3. The minimum absolute atomic E-state index is 0.0816. The maximum atomic E-state index is 9.26. The minimum atomic E-state index is -0.368. The molecule has 0 spiro atoms. The van der Waals surface area contributed by atoms with E-state index in [-0.39, 0.29) is 12.7 Å². The lowest BCUT2D eigenvalue weighted by Crippen LogP contribution is -2.28. The highest BCUT2D eigenvalue weighted by molar-refractivity contribution is 5.22. The van der Waals surface area contributed by atoms with Crippen molar-refractivity contribution in [2.45, 2.75) is 6.10 Å². The molecule has 0 heterocycles. The number of hydrogen-bond donors (Lipinski definition) is 1. The Morgan fingerprint density at radius 1 is 0.833 bits per heavy atom. The van der Waals surface area contributed by atoms with Gasteiger partial charge in [-0.25, -0.2) is 0 Å². The summed E-state index contributed by atoms with van der Waals surface area (Å²) in [5, 5.41) is 9.26. The predicted molar refractivity (Wildman–Crippen MR) is 69.9 cm³/mol. The smallest absolute Gasteiger partial charge is 0.155 e. The molecule has 0 unspecified atom stereocenters. The summed E-state index contributed by atoms with van der Waals surface area (Å²) in [7, 11) is 0. The van der Waals surface area contributed by atoms with Gasteiger partial charge in [-0.2, -0.15) is 0 Å². The van der Waals surface area contributed by atoms with Gasteiger partial charge in [0.2, 0.25) is 0 Å². The van der Waals surface area contributed by atoms with Crippen LogP contribution in [0.5, 0.6) is 11.5 Å². The molecule has 0 saturated heterocycles. The van der Waals surface area contributed by atoms with Crippen molar-refractivity contribution in [1.29, 1.82) is 0 Å². The summed E-state index contributed by atoms with van der Waals surface area (Å²) in [5.74, 6) is 1.50. The number of aliphatic hydroxyl groups excluding tert-OH is 1. The lowest BCUT2D eigenvalue weighted by atomic mass is 10.3. The fraction of sp³-hybridized carbons (Fsp3) is 0.200. The summed E-state index contributed by atoms with van der Waals surface area (Å²) in [6.45, 7) is 0.233. The second kappa shape index (κ2) is 6.67. The molecule has 0 aliphatic rings. The molecule has 1 N–H and O–H groups in total. The molecule has 2 rings (SSSR count). The molecule has 0 fully saturated rings. The van der Waals surface area contributed by atoms with Gasteiger partial charge in [0, 0.05) is 0 Å². The summed E-state index contributed by atoms with van der Waals surface area (Å²) in [6.07, 6.45) is -0.368. The average molecular weight is 244 g/mol. The van der Waals surface area contributed by atoms with E-state index in [9.17, 15) is 5.11 Å². The first-order chi connectivity index (χ1) is 8.88. The lowest BCUT2D eigenvalue weighted by molar-refractivity contribution is 0.0718. The molecule has 2 aromatic carbocycles. The van der Waals surface area contributed by atoms with Gasteiger partial charge in [-0.3, -0.25) is 0 Å². The average Bonchev–Trinajstić information content (AvgIpc) is 2.45. The van der Waals surface area contributed by atoms with E-state index in [2.05, 4.69) is 0 Å². The van der Waals surface area contributed by atoms with Crippen LogP contribution in [0.1, 0.15) is 0 Å². The maximum Gasteiger partial charge on any atom is 0.155 e. The van der Waals surface area contributed by atoms with Crippen LogP contribution in [0.4, 0.5) is 0 Å². The molecule has 3 nitrogen and oxygen atoms in total. The van der Waals surface area contributed by atoms with Crippen molar-refractivity contribution in [3.63, 3.8) is 0 Å². The van der Waals surface area contributed by atoms with Gasteiger partial charge in [0.1, 0.15) is 18.1 Å². The Bertz CT molecular complexity index is 442. The SMILES string of the molecule is OC[C@@H](COc1ccccc1)Oc1ccccc1. The van der Waals surface area contributed by atoms with Crippen LogP contribution in [0, 0.1) is 0 Å². The van der Waals surface area contributed by atoms with E-state index in [1.165, 1.54) is 0 Å². The minimum Gasteiger partial charge on any atom is -0.490 e. The Labute approximate surface area is 107 Å². The zero-order valence-electron chi connectivity index (χ0n) is 10.0. The molecule has 1 atom stereocenters. The van der Waals surface area contributed by atoms with Gasteiger partial charge < -0.3 is 14.6 Å². The first-order valence-corrected chi connectivity index (χ1v) is 5.89. The Balaban J connectivity index is 1.86. The van der Waals surface area contributed by atoms with Gasteiger partial charge in [-0.05, 0) is 24.3 Å². The van der Waals surface area contributed by atoms with E-state index in [4.69, 9.17) is 9.47 Å². The summed E-state index contributed by atoms with van der Waals surface area (Å²) in [4.78, 5) is 0. The second-order valence-corrected chi connectivity index (χ2v) is 3.86. The highest BCUT2D eigenvalue weighted by atomic mass is 16.5. The standard InChI is InChI=1S/C15H16O3/c16-11-15(18-14-9-5-2-6-10-14)12-17-13-7-3-1-4-8-13/h1-10,15-16H,11-12H2/t15-/m0/s1. The van der Waals surface area contributed by atoms with Gasteiger partial charge in [0.25, 0.3) is 0 Å². The van der Waals surface area contributed by atoms with E-state index >= 15 is 0 Å². The van der Waals surface area contributed by atoms with Crippen LogP contribution in [0.3, 0.4) is 0 Å². The third kappa shape index (κ3) is 3.79. The fourth-order valence-electron chi connectivity index (χ4n) is 1.52. The van der Waals surface area contributed by atoms with Crippen molar-refractivity contribution < 1.29 is 14.6 Å². The number of para-hydroxylation sites is 2. The normalized spacial score (nSPS) is 11.8. The van der Waals surface area contributed by atoms with Crippen LogP contribution in [-0.4, -0.2) is 24.4 Å². The Morgan fingerprint density at radius 2 is 1.39 bits per heavy atom. The lowest BCUT2D eigenvalue weighted by Gasteiger charge is -2.17. The first kappa shape index (κ1) is 12.5. The van der Waals surface area contributed by atoms with E-state index in [1.54, 1.807) is 0 Å². The van der Waals surface area contributed by atoms with Crippen molar-refractivity contribution in [2.24, 2.45) is 0 Å². The summed E-state index contributed by atoms with van der Waals surface area (Å²) in [6, 6.07) is 18.9. The first-order valence-electron chi connectivity index (χ1n) is 5.89. The van der Waals surface area contributed by atoms with Gasteiger partial charge in [0.05, 0.1) is 6.61 Å². The zero-order chi connectivity index (χ0) is 12.6. The molecule has 0 aliphatic heterocycles. The highest BCUT2D eigenvalue weighted by Gasteiger charge is 2.10. The van der Waals surface area contributed by atoms with Crippen LogP contribution in [0.2, 0.25) is 0 Å². The van der Waals surface area contributed by atoms with Crippen LogP contribution in [0.25, 0.3) is 0 Å². The zero-order valence-corrected chi connectivity index (χ0v) is 10.0. The number of rotatable bonds is 6. The topological polar surface area (TPSA) is 38.7 Å². The van der Waals surface area contributed by atoms with Crippen molar-refractivity contribution in [3.05, 3.63) is 60.7 Å². The van der Waals surface area contributed by atoms with Crippen LogP contribution < -0.4 is 9.47 Å². The van der Waals surface area contributed by atoms with Crippen LogP contribution in [0.15, 0.2) is 60.7 Å². The molecule has 2 aromatic rings. The van der Waals surface area contributed by atoms with Gasteiger partial charge in [-0.15, -0.1) is 0 Å². The molecule has 94 valence electrons. The predicted octanol–water partition coefficient (Wildman–Crippen LogP) is 2.51. The summed E-state index contributed by atoms with van der Waals surface area (Å²) >= 11 is 0. The van der Waals surface area contributed by atoms with Crippen molar-refractivity contribution in [2.75, 3.05) is 13.2 Å². The molecule has 3 heteroatoms. The number of benzene rings is 2. The largest absolute Gasteiger partial charge is 0.490 e. The summed E-state index contributed by atoms with van der Waals surface area (Å²) in [5.41, 5.74) is 0. The molecule has 0 amide bonds. The Kier molecular flexibility index (Phi) is 4.61. The van der Waals surface area contributed by atoms with E-state index < -0.39 is 0 Å². The molecular formula is C15H16O3. The molecule has 18 heavy (non-hydrogen) atoms. The molecule has 0 aromatic heterocycles. The van der Waals surface area contributed by atoms with Crippen LogP contribution >= 0.6 is 0 Å². The molecule has 0 saturated carbocycles. The van der Waals surface area contributed by atoms with Crippen molar-refractivity contribution in [3.8, 4) is 11.5 Å². The third-order valence-electron chi connectivity index (χ3n) is 2.43. The number of aliphatic hydroxyl groups is 1. The van der Waals surface area contributed by atoms with E-state index in [1.807, 2.05) is 60.7 Å². The molecular weight excluding hydrogens is 228 g/mol.